The first kappa shape index (κ1) is 14.7. The molecule has 1 aromatic heterocycles. The van der Waals surface area contributed by atoms with Crippen molar-refractivity contribution in [3.63, 3.8) is 0 Å². The van der Waals surface area contributed by atoms with Gasteiger partial charge in [0.1, 0.15) is 5.82 Å². The van der Waals surface area contributed by atoms with Crippen LogP contribution < -0.4 is 0 Å². The van der Waals surface area contributed by atoms with Crippen LogP contribution in [-0.2, 0) is 0 Å². The molecule has 22 heavy (non-hydrogen) atoms. The van der Waals surface area contributed by atoms with Crippen LogP contribution in [0.3, 0.4) is 0 Å². The lowest BCUT2D eigenvalue weighted by Crippen LogP contribution is -2.30. The first-order valence-corrected chi connectivity index (χ1v) is 7.51. The second-order valence-electron chi connectivity index (χ2n) is 5.87. The van der Waals surface area contributed by atoms with E-state index >= 15 is 0 Å². The fourth-order valence-electron chi connectivity index (χ4n) is 2.81. The number of hydrogen-bond acceptors (Lipinski definition) is 4. The molecule has 0 saturated carbocycles. The number of H-pyrrole nitrogens is 1. The number of carbonyl (C=O) groups excluding carboxylic acids is 1. The highest BCUT2D eigenvalue weighted by Crippen LogP contribution is 2.23. The summed E-state index contributed by atoms with van der Waals surface area (Å²) in [4.78, 5) is 18.7. The molecule has 2 unspecified atom stereocenters. The molecule has 1 amide bonds. The van der Waals surface area contributed by atoms with Gasteiger partial charge in [0.2, 0.25) is 0 Å². The molecule has 0 radical (unpaired) electrons. The topological polar surface area (TPSA) is 82.1 Å². The molecule has 2 N–H and O–H groups in total. The molecule has 1 aromatic carbocycles. The molecule has 0 aliphatic carbocycles. The molecule has 6 nitrogen and oxygen atoms in total. The predicted molar refractivity (Wildman–Crippen MR) is 82.2 cm³/mol. The van der Waals surface area contributed by atoms with E-state index in [-0.39, 0.29) is 17.9 Å². The zero-order valence-electron chi connectivity index (χ0n) is 12.8. The average molecular weight is 300 g/mol. The first-order valence-electron chi connectivity index (χ1n) is 7.51. The van der Waals surface area contributed by atoms with E-state index in [0.717, 1.165) is 17.8 Å². The maximum Gasteiger partial charge on any atom is 0.253 e. The van der Waals surface area contributed by atoms with Gasteiger partial charge >= 0.3 is 0 Å². The highest BCUT2D eigenvalue weighted by Gasteiger charge is 2.29. The number of aromatic nitrogens is 3. The number of aliphatic hydroxyl groups is 1. The largest absolute Gasteiger partial charge is 0.393 e. The van der Waals surface area contributed by atoms with E-state index < -0.39 is 0 Å². The van der Waals surface area contributed by atoms with Crippen molar-refractivity contribution < 1.29 is 9.90 Å². The van der Waals surface area contributed by atoms with E-state index in [4.69, 9.17) is 0 Å². The van der Waals surface area contributed by atoms with E-state index in [1.165, 1.54) is 0 Å². The Morgan fingerprint density at radius 3 is 2.95 bits per heavy atom. The van der Waals surface area contributed by atoms with E-state index in [9.17, 15) is 9.90 Å². The molecular formula is C16H20N4O2. The fourth-order valence-corrected chi connectivity index (χ4v) is 2.81. The molecule has 1 fully saturated rings. The number of likely N-dealkylation sites (tertiary alicyclic amines) is 1. The molecule has 116 valence electrons. The summed E-state index contributed by atoms with van der Waals surface area (Å²) in [6, 6.07) is 7.36. The quantitative estimate of drug-likeness (QED) is 0.902. The molecule has 0 bridgehead atoms. The van der Waals surface area contributed by atoms with Gasteiger partial charge in [-0.05, 0) is 32.4 Å². The number of aliphatic hydroxyl groups excluding tert-OH is 1. The SMILES string of the molecule is Cc1nc(-c2cccc(C(=O)N3CCC(C(C)O)C3)c2)n[nH]1. The van der Waals surface area contributed by atoms with Gasteiger partial charge in [0, 0.05) is 30.1 Å². The van der Waals surface area contributed by atoms with Crippen molar-refractivity contribution in [1.82, 2.24) is 20.1 Å². The normalized spacial score (nSPS) is 19.4. The number of aromatic amines is 1. The van der Waals surface area contributed by atoms with E-state index in [1.54, 1.807) is 17.9 Å². The summed E-state index contributed by atoms with van der Waals surface area (Å²) in [5, 5.41) is 16.6. The van der Waals surface area contributed by atoms with Crippen LogP contribution in [0.4, 0.5) is 0 Å². The lowest BCUT2D eigenvalue weighted by atomic mass is 10.0. The van der Waals surface area contributed by atoms with Gasteiger partial charge in [0.05, 0.1) is 6.10 Å². The number of carbonyl (C=O) groups is 1. The zero-order chi connectivity index (χ0) is 15.7. The third kappa shape index (κ3) is 2.87. The number of nitrogens with one attached hydrogen (secondary N) is 1. The average Bonchev–Trinajstić information content (AvgIpc) is 3.15. The molecule has 2 heterocycles. The van der Waals surface area contributed by atoms with E-state index in [0.29, 0.717) is 24.5 Å². The second-order valence-corrected chi connectivity index (χ2v) is 5.87. The Bertz CT molecular complexity index is 680. The third-order valence-corrected chi connectivity index (χ3v) is 4.16. The van der Waals surface area contributed by atoms with Gasteiger partial charge in [-0.3, -0.25) is 9.89 Å². The maximum absolute atomic E-state index is 12.6. The highest BCUT2D eigenvalue weighted by atomic mass is 16.3. The molecule has 1 aliphatic rings. The Balaban J connectivity index is 1.79. The van der Waals surface area contributed by atoms with Gasteiger partial charge in [-0.25, -0.2) is 4.98 Å². The first-order chi connectivity index (χ1) is 10.5. The Labute approximate surface area is 129 Å². The van der Waals surface area contributed by atoms with Crippen LogP contribution in [0, 0.1) is 12.8 Å². The number of aryl methyl sites for hydroxylation is 1. The smallest absolute Gasteiger partial charge is 0.253 e. The minimum atomic E-state index is -0.375. The zero-order valence-corrected chi connectivity index (χ0v) is 12.8. The van der Waals surface area contributed by atoms with Crippen LogP contribution in [0.1, 0.15) is 29.5 Å². The van der Waals surface area contributed by atoms with Gasteiger partial charge in [-0.15, -0.1) is 0 Å². The van der Waals surface area contributed by atoms with Crippen LogP contribution in [-0.4, -0.2) is 50.3 Å². The van der Waals surface area contributed by atoms with Crippen LogP contribution in [0.2, 0.25) is 0 Å². The van der Waals surface area contributed by atoms with Crippen molar-refractivity contribution in [2.75, 3.05) is 13.1 Å². The Kier molecular flexibility index (Phi) is 3.94. The minimum Gasteiger partial charge on any atom is -0.393 e. The summed E-state index contributed by atoms with van der Waals surface area (Å²) in [7, 11) is 0. The van der Waals surface area contributed by atoms with Crippen molar-refractivity contribution >= 4 is 5.91 Å². The van der Waals surface area contributed by atoms with Gasteiger partial charge < -0.3 is 10.0 Å². The number of amides is 1. The third-order valence-electron chi connectivity index (χ3n) is 4.16. The van der Waals surface area contributed by atoms with E-state index in [2.05, 4.69) is 15.2 Å². The number of nitrogens with zero attached hydrogens (tertiary/aromatic N) is 3. The lowest BCUT2D eigenvalue weighted by molar-refractivity contribution is 0.0762. The van der Waals surface area contributed by atoms with Gasteiger partial charge in [0.25, 0.3) is 5.91 Å². The molecular weight excluding hydrogens is 280 g/mol. The van der Waals surface area contributed by atoms with Crippen LogP contribution in [0.25, 0.3) is 11.4 Å². The molecule has 3 rings (SSSR count). The van der Waals surface area contributed by atoms with Crippen molar-refractivity contribution in [1.29, 1.82) is 0 Å². The van der Waals surface area contributed by atoms with Crippen LogP contribution in [0.5, 0.6) is 0 Å². The molecule has 1 saturated heterocycles. The summed E-state index contributed by atoms with van der Waals surface area (Å²) >= 11 is 0. The van der Waals surface area contributed by atoms with Crippen molar-refractivity contribution in [2.45, 2.75) is 26.4 Å². The maximum atomic E-state index is 12.6. The summed E-state index contributed by atoms with van der Waals surface area (Å²) in [5.74, 6) is 1.50. The van der Waals surface area contributed by atoms with E-state index in [1.807, 2.05) is 25.1 Å². The molecule has 6 heteroatoms. The number of benzene rings is 1. The lowest BCUT2D eigenvalue weighted by Gasteiger charge is -2.18. The van der Waals surface area contributed by atoms with Gasteiger partial charge in [0.15, 0.2) is 5.82 Å². The van der Waals surface area contributed by atoms with Crippen LogP contribution >= 0.6 is 0 Å². The Morgan fingerprint density at radius 2 is 2.32 bits per heavy atom. The standard InChI is InChI=1S/C16H20N4O2/c1-10(21)14-6-7-20(9-14)16(22)13-5-3-4-12(8-13)15-17-11(2)18-19-15/h3-5,8,10,14,21H,6-7,9H2,1-2H3,(H,17,18,19). The van der Waals surface area contributed by atoms with Crippen molar-refractivity contribution in [3.8, 4) is 11.4 Å². The summed E-state index contributed by atoms with van der Waals surface area (Å²) in [6.45, 7) is 4.93. The minimum absolute atomic E-state index is 0.00254. The van der Waals surface area contributed by atoms with Gasteiger partial charge in [-0.1, -0.05) is 12.1 Å². The fraction of sp³-hybridized carbons (Fsp3) is 0.438. The summed E-state index contributed by atoms with van der Waals surface area (Å²) < 4.78 is 0. The predicted octanol–water partition coefficient (Wildman–Crippen LogP) is 1.62. The molecule has 2 aromatic rings. The van der Waals surface area contributed by atoms with Crippen molar-refractivity contribution in [2.24, 2.45) is 5.92 Å². The highest BCUT2D eigenvalue weighted by molar-refractivity contribution is 5.95. The second kappa shape index (κ2) is 5.88. The Hall–Kier alpha value is -2.21. The summed E-state index contributed by atoms with van der Waals surface area (Å²) in [5.41, 5.74) is 1.45. The summed E-state index contributed by atoms with van der Waals surface area (Å²) in [6.07, 6.45) is 0.476. The van der Waals surface area contributed by atoms with Crippen LogP contribution in [0.15, 0.2) is 24.3 Å². The molecule has 1 aliphatic heterocycles. The molecule has 0 spiro atoms. The molecule has 2 atom stereocenters. The van der Waals surface area contributed by atoms with Gasteiger partial charge in [-0.2, -0.15) is 5.10 Å². The monoisotopic (exact) mass is 300 g/mol. The number of hydrogen-bond donors (Lipinski definition) is 2. The Morgan fingerprint density at radius 1 is 1.50 bits per heavy atom. The number of rotatable bonds is 3. The van der Waals surface area contributed by atoms with Crippen molar-refractivity contribution in [3.05, 3.63) is 35.7 Å².